The molecule has 2 aromatic rings. The fourth-order valence-electron chi connectivity index (χ4n) is 1.51. The lowest BCUT2D eigenvalue weighted by molar-refractivity contribution is -0.116. The van der Waals surface area contributed by atoms with E-state index in [1.54, 1.807) is 25.3 Å². The van der Waals surface area contributed by atoms with Gasteiger partial charge >= 0.3 is 0 Å². The Kier molecular flexibility index (Phi) is 3.53. The number of rotatable bonds is 3. The Morgan fingerprint density at radius 2 is 2.33 bits per heavy atom. The molecule has 6 heteroatoms. The Bertz CT molecular complexity index is 561. The third-order valence-electron chi connectivity index (χ3n) is 2.32. The molecule has 0 atom stereocenters. The molecule has 0 unspecified atom stereocenters. The van der Waals surface area contributed by atoms with Crippen LogP contribution in [-0.4, -0.2) is 20.8 Å². The highest BCUT2D eigenvalue weighted by atomic mass is 35.5. The summed E-state index contributed by atoms with van der Waals surface area (Å²) < 4.78 is 1.47. The van der Waals surface area contributed by atoms with Gasteiger partial charge in [0.2, 0.25) is 5.91 Å². The number of carbonyl (C=O) groups is 1. The number of anilines is 1. The first kappa shape index (κ1) is 12.4. The smallest absolute Gasteiger partial charge is 0.246 e. The van der Waals surface area contributed by atoms with Crippen molar-refractivity contribution in [2.75, 3.05) is 5.32 Å². The van der Waals surface area contributed by atoms with Crippen molar-refractivity contribution in [3.8, 4) is 5.75 Å². The van der Waals surface area contributed by atoms with Crippen molar-refractivity contribution in [2.45, 2.75) is 13.5 Å². The minimum Gasteiger partial charge on any atom is -0.508 e. The van der Waals surface area contributed by atoms with Gasteiger partial charge in [-0.05, 0) is 19.1 Å². The number of nitrogens with one attached hydrogen (secondary N) is 1. The Hall–Kier alpha value is -2.01. The Morgan fingerprint density at radius 3 is 2.94 bits per heavy atom. The first-order chi connectivity index (χ1) is 8.54. The number of phenols is 1. The van der Waals surface area contributed by atoms with Crippen LogP contribution in [0.3, 0.4) is 0 Å². The van der Waals surface area contributed by atoms with Crippen LogP contribution in [0.15, 0.2) is 30.5 Å². The van der Waals surface area contributed by atoms with Crippen LogP contribution in [0.2, 0.25) is 5.02 Å². The number of aromatic nitrogens is 2. The molecular formula is C12H12ClN3O2. The van der Waals surface area contributed by atoms with Gasteiger partial charge in [-0.25, -0.2) is 0 Å². The Labute approximate surface area is 109 Å². The number of hydrogen-bond acceptors (Lipinski definition) is 3. The molecule has 1 aromatic carbocycles. The quantitative estimate of drug-likeness (QED) is 0.894. The van der Waals surface area contributed by atoms with E-state index in [-0.39, 0.29) is 18.2 Å². The van der Waals surface area contributed by atoms with Gasteiger partial charge in [-0.3, -0.25) is 9.48 Å². The third kappa shape index (κ3) is 3.01. The molecule has 0 fully saturated rings. The van der Waals surface area contributed by atoms with Crippen LogP contribution in [0, 0.1) is 6.92 Å². The maximum Gasteiger partial charge on any atom is 0.246 e. The van der Waals surface area contributed by atoms with Crippen molar-refractivity contribution in [3.63, 3.8) is 0 Å². The number of carbonyl (C=O) groups excluding carboxylic acids is 1. The van der Waals surface area contributed by atoms with E-state index in [9.17, 15) is 9.90 Å². The molecule has 0 saturated carbocycles. The van der Waals surface area contributed by atoms with E-state index in [1.807, 2.05) is 0 Å². The van der Waals surface area contributed by atoms with E-state index >= 15 is 0 Å². The zero-order valence-corrected chi connectivity index (χ0v) is 10.5. The van der Waals surface area contributed by atoms with Crippen molar-refractivity contribution < 1.29 is 9.90 Å². The second-order valence-corrected chi connectivity index (χ2v) is 4.27. The second-order valence-electron chi connectivity index (χ2n) is 3.86. The summed E-state index contributed by atoms with van der Waals surface area (Å²) in [6.07, 6.45) is 1.60. The molecule has 18 heavy (non-hydrogen) atoms. The topological polar surface area (TPSA) is 67.2 Å². The van der Waals surface area contributed by atoms with E-state index < -0.39 is 0 Å². The number of amides is 1. The fraction of sp³-hybridized carbons (Fsp3) is 0.167. The normalized spacial score (nSPS) is 10.3. The van der Waals surface area contributed by atoms with Gasteiger partial charge in [0, 0.05) is 18.0 Å². The summed E-state index contributed by atoms with van der Waals surface area (Å²) in [5, 5.41) is 16.5. The van der Waals surface area contributed by atoms with E-state index in [4.69, 9.17) is 11.6 Å². The molecule has 1 aromatic heterocycles. The van der Waals surface area contributed by atoms with Gasteiger partial charge in [-0.2, -0.15) is 5.10 Å². The minimum absolute atomic E-state index is 0.0726. The Balaban J connectivity index is 2.01. The SMILES string of the molecule is Cc1nn(CC(=O)Nc2cccc(O)c2)cc1Cl. The predicted octanol–water partition coefficient (Wildman–Crippen LogP) is 2.19. The standard InChI is InChI=1S/C12H12ClN3O2/c1-8-11(13)6-16(15-8)7-12(18)14-9-3-2-4-10(17)5-9/h2-6,17H,7H2,1H3,(H,14,18). The van der Waals surface area contributed by atoms with Gasteiger partial charge in [0.15, 0.2) is 0 Å². The maximum atomic E-state index is 11.7. The zero-order valence-electron chi connectivity index (χ0n) is 9.72. The lowest BCUT2D eigenvalue weighted by Crippen LogP contribution is -2.19. The molecule has 0 spiro atoms. The van der Waals surface area contributed by atoms with Crippen LogP contribution in [-0.2, 0) is 11.3 Å². The van der Waals surface area contributed by atoms with Gasteiger partial charge in [0.1, 0.15) is 12.3 Å². The zero-order chi connectivity index (χ0) is 13.1. The largest absolute Gasteiger partial charge is 0.508 e. The lowest BCUT2D eigenvalue weighted by Gasteiger charge is -2.05. The number of nitrogens with zero attached hydrogens (tertiary/aromatic N) is 2. The number of benzene rings is 1. The molecule has 0 aliphatic rings. The van der Waals surface area contributed by atoms with Gasteiger partial charge in [0.25, 0.3) is 0 Å². The van der Waals surface area contributed by atoms with Gasteiger partial charge in [-0.15, -0.1) is 0 Å². The van der Waals surface area contributed by atoms with Crippen molar-refractivity contribution in [2.24, 2.45) is 0 Å². The van der Waals surface area contributed by atoms with Crippen molar-refractivity contribution >= 4 is 23.2 Å². The molecule has 0 saturated heterocycles. The molecular weight excluding hydrogens is 254 g/mol. The van der Waals surface area contributed by atoms with Crippen LogP contribution < -0.4 is 5.32 Å². The first-order valence-corrected chi connectivity index (χ1v) is 5.71. The second kappa shape index (κ2) is 5.10. The van der Waals surface area contributed by atoms with E-state index in [2.05, 4.69) is 10.4 Å². The van der Waals surface area contributed by atoms with Crippen LogP contribution in [0.25, 0.3) is 0 Å². The molecule has 2 rings (SSSR count). The first-order valence-electron chi connectivity index (χ1n) is 5.33. The number of aromatic hydroxyl groups is 1. The lowest BCUT2D eigenvalue weighted by atomic mass is 10.3. The predicted molar refractivity (Wildman–Crippen MR) is 68.7 cm³/mol. The van der Waals surface area contributed by atoms with Crippen LogP contribution >= 0.6 is 11.6 Å². The molecule has 1 heterocycles. The molecule has 0 bridgehead atoms. The molecule has 2 N–H and O–H groups in total. The van der Waals surface area contributed by atoms with Crippen LogP contribution in [0.5, 0.6) is 5.75 Å². The monoisotopic (exact) mass is 265 g/mol. The maximum absolute atomic E-state index is 11.7. The number of hydrogen-bond donors (Lipinski definition) is 2. The van der Waals surface area contributed by atoms with Crippen molar-refractivity contribution in [1.29, 1.82) is 0 Å². The van der Waals surface area contributed by atoms with Gasteiger partial charge < -0.3 is 10.4 Å². The highest BCUT2D eigenvalue weighted by molar-refractivity contribution is 6.31. The van der Waals surface area contributed by atoms with Gasteiger partial charge in [0.05, 0.1) is 10.7 Å². The van der Waals surface area contributed by atoms with Crippen LogP contribution in [0.4, 0.5) is 5.69 Å². The summed E-state index contributed by atoms with van der Waals surface area (Å²) in [6, 6.07) is 6.35. The van der Waals surface area contributed by atoms with E-state index in [1.165, 1.54) is 16.8 Å². The minimum atomic E-state index is -0.236. The molecule has 0 aliphatic carbocycles. The fourth-order valence-corrected chi connectivity index (χ4v) is 1.66. The third-order valence-corrected chi connectivity index (χ3v) is 2.69. The highest BCUT2D eigenvalue weighted by Gasteiger charge is 2.07. The van der Waals surface area contributed by atoms with E-state index in [0.29, 0.717) is 16.4 Å². The number of aryl methyl sites for hydroxylation is 1. The molecule has 5 nitrogen and oxygen atoms in total. The summed E-state index contributed by atoms with van der Waals surface area (Å²) in [6.45, 7) is 1.84. The van der Waals surface area contributed by atoms with Gasteiger partial charge in [-0.1, -0.05) is 17.7 Å². The molecule has 1 amide bonds. The average molecular weight is 266 g/mol. The average Bonchev–Trinajstić information content (AvgIpc) is 2.57. The summed E-state index contributed by atoms with van der Waals surface area (Å²) >= 11 is 5.85. The summed E-state index contributed by atoms with van der Waals surface area (Å²) in [7, 11) is 0. The number of phenolic OH excluding ortho intramolecular Hbond substituents is 1. The molecule has 0 aliphatic heterocycles. The molecule has 94 valence electrons. The van der Waals surface area contributed by atoms with E-state index in [0.717, 1.165) is 0 Å². The van der Waals surface area contributed by atoms with Crippen molar-refractivity contribution in [1.82, 2.24) is 9.78 Å². The summed E-state index contributed by atoms with van der Waals surface area (Å²) in [5.41, 5.74) is 1.22. The Morgan fingerprint density at radius 1 is 1.56 bits per heavy atom. The summed E-state index contributed by atoms with van der Waals surface area (Å²) in [4.78, 5) is 11.7. The summed E-state index contributed by atoms with van der Waals surface area (Å²) in [5.74, 6) is -0.134. The highest BCUT2D eigenvalue weighted by Crippen LogP contribution is 2.16. The number of halogens is 1. The molecule has 0 radical (unpaired) electrons. The van der Waals surface area contributed by atoms with Crippen LogP contribution in [0.1, 0.15) is 5.69 Å². The van der Waals surface area contributed by atoms with Crippen molar-refractivity contribution in [3.05, 3.63) is 41.2 Å².